The lowest BCUT2D eigenvalue weighted by molar-refractivity contribution is -0.386. The Hall–Kier alpha value is -3.61. The molecule has 17 nitrogen and oxygen atoms in total. The zero-order valence-corrected chi connectivity index (χ0v) is 29.4. The second kappa shape index (κ2) is 30.4. The molecule has 0 saturated carbocycles. The van der Waals surface area contributed by atoms with Crippen molar-refractivity contribution in [1.29, 1.82) is 0 Å². The summed E-state index contributed by atoms with van der Waals surface area (Å²) in [7, 11) is 3.15. The highest BCUT2D eigenvalue weighted by molar-refractivity contribution is 5.81. The summed E-state index contributed by atoms with van der Waals surface area (Å²) in [6.45, 7) is 9.15. The van der Waals surface area contributed by atoms with Gasteiger partial charge in [-0.15, -0.1) is 0 Å². The molecule has 0 saturated heterocycles. The number of ether oxygens (including phenoxy) is 7. The molecule has 1 amide bonds. The van der Waals surface area contributed by atoms with Crippen LogP contribution in [0.15, 0.2) is 12.1 Å². The fourth-order valence-corrected chi connectivity index (χ4v) is 3.93. The largest absolute Gasteiger partial charge is 0.493 e. The summed E-state index contributed by atoms with van der Waals surface area (Å²) < 4.78 is 36.8. The van der Waals surface area contributed by atoms with Gasteiger partial charge in [-0.05, 0) is 52.3 Å². The molecule has 0 bridgehead atoms. The highest BCUT2D eigenvalue weighted by Gasteiger charge is 2.28. The minimum atomic E-state index is -1.04. The highest BCUT2D eigenvalue weighted by Crippen LogP contribution is 2.38. The van der Waals surface area contributed by atoms with Crippen molar-refractivity contribution in [2.24, 2.45) is 11.5 Å². The van der Waals surface area contributed by atoms with Crippen LogP contribution in [-0.2, 0) is 33.3 Å². The third-order valence-corrected chi connectivity index (χ3v) is 6.46. The van der Waals surface area contributed by atoms with Crippen molar-refractivity contribution in [3.8, 4) is 11.5 Å². The smallest absolute Gasteiger partial charge is 0.408 e. The molecule has 282 valence electrons. The van der Waals surface area contributed by atoms with E-state index in [1.807, 2.05) is 6.92 Å². The van der Waals surface area contributed by atoms with Crippen LogP contribution in [0.3, 0.4) is 0 Å². The zero-order chi connectivity index (χ0) is 36.7. The average molecular weight is 704 g/mol. The molecular weight excluding hydrogens is 646 g/mol. The van der Waals surface area contributed by atoms with Crippen molar-refractivity contribution >= 4 is 24.0 Å². The quantitative estimate of drug-likeness (QED) is 0.0322. The van der Waals surface area contributed by atoms with Gasteiger partial charge in [0.25, 0.3) is 5.69 Å². The van der Waals surface area contributed by atoms with E-state index in [0.29, 0.717) is 91.4 Å². The number of benzene rings is 1. The first-order chi connectivity index (χ1) is 23.7. The van der Waals surface area contributed by atoms with Crippen molar-refractivity contribution < 1.29 is 52.5 Å². The number of hydrogen-bond donors (Lipinski definition) is 4. The molecule has 2 unspecified atom stereocenters. The lowest BCUT2D eigenvalue weighted by atomic mass is 10.1. The number of nitrogens with zero attached hydrogens (tertiary/aromatic N) is 1. The number of unbranched alkanes of at least 4 members (excludes halogenated alkanes) is 2. The predicted octanol–water partition coefficient (Wildman–Crippen LogP) is 2.41. The third kappa shape index (κ3) is 21.9. The summed E-state index contributed by atoms with van der Waals surface area (Å²) in [6, 6.07) is 1.65. The molecule has 0 heterocycles. The molecule has 1 aromatic rings. The molecule has 0 aliphatic heterocycles. The predicted molar refractivity (Wildman–Crippen MR) is 182 cm³/mol. The average Bonchev–Trinajstić information content (AvgIpc) is 3.09. The van der Waals surface area contributed by atoms with Crippen molar-refractivity contribution in [1.82, 2.24) is 10.6 Å². The van der Waals surface area contributed by atoms with Gasteiger partial charge in [0.15, 0.2) is 11.5 Å². The maximum Gasteiger partial charge on any atom is 0.408 e. The van der Waals surface area contributed by atoms with Crippen molar-refractivity contribution in [3.63, 3.8) is 0 Å². The van der Waals surface area contributed by atoms with E-state index in [1.165, 1.54) is 26.2 Å². The van der Waals surface area contributed by atoms with E-state index in [9.17, 15) is 24.5 Å². The van der Waals surface area contributed by atoms with Crippen molar-refractivity contribution in [2.45, 2.75) is 64.5 Å². The topological polar surface area (TPSA) is 235 Å². The number of rotatable bonds is 28. The number of carbonyl (C=O) groups is 3. The fraction of sp³-hybridized carbons (Fsp3) is 0.719. The molecule has 0 aliphatic carbocycles. The number of nitrogens with one attached hydrogen (secondary N) is 2. The van der Waals surface area contributed by atoms with Gasteiger partial charge in [-0.25, -0.2) is 9.59 Å². The van der Waals surface area contributed by atoms with E-state index < -0.39 is 29.1 Å². The van der Waals surface area contributed by atoms with Crippen LogP contribution in [0.2, 0.25) is 0 Å². The number of aldehydes is 1. The van der Waals surface area contributed by atoms with E-state index >= 15 is 0 Å². The Morgan fingerprint density at radius 1 is 0.939 bits per heavy atom. The first-order valence-electron chi connectivity index (χ1n) is 16.5. The van der Waals surface area contributed by atoms with Crippen molar-refractivity contribution in [2.75, 3.05) is 86.6 Å². The van der Waals surface area contributed by atoms with Crippen LogP contribution in [0, 0.1) is 10.1 Å². The number of carbonyl (C=O) groups excluding carboxylic acids is 3. The van der Waals surface area contributed by atoms with E-state index in [0.717, 1.165) is 12.7 Å². The Bertz CT molecular complexity index is 1040. The number of nitrogens with two attached hydrogens (primary N) is 2. The van der Waals surface area contributed by atoms with E-state index in [4.69, 9.17) is 44.6 Å². The Morgan fingerprint density at radius 2 is 1.57 bits per heavy atom. The van der Waals surface area contributed by atoms with Gasteiger partial charge in [-0.2, -0.15) is 0 Å². The first kappa shape index (κ1) is 45.4. The summed E-state index contributed by atoms with van der Waals surface area (Å²) in [6.07, 6.45) is 2.05. The number of amides is 1. The molecule has 2 atom stereocenters. The Morgan fingerprint density at radius 3 is 2.10 bits per heavy atom. The van der Waals surface area contributed by atoms with Gasteiger partial charge in [0.1, 0.15) is 18.4 Å². The maximum absolute atomic E-state index is 12.6. The van der Waals surface area contributed by atoms with Crippen LogP contribution < -0.4 is 31.6 Å². The minimum Gasteiger partial charge on any atom is -0.493 e. The molecule has 0 spiro atoms. The number of nitro benzene ring substituents is 1. The van der Waals surface area contributed by atoms with E-state index in [1.54, 1.807) is 7.05 Å². The van der Waals surface area contributed by atoms with Crippen LogP contribution in [0.1, 0.15) is 64.0 Å². The molecule has 0 radical (unpaired) electrons. The number of alkyl carbamates (subject to hydrolysis) is 1. The first-order valence-corrected chi connectivity index (χ1v) is 16.5. The van der Waals surface area contributed by atoms with E-state index in [2.05, 4.69) is 10.6 Å². The summed E-state index contributed by atoms with van der Waals surface area (Å²) in [5.74, 6) is -0.218. The zero-order valence-electron chi connectivity index (χ0n) is 29.4. The maximum atomic E-state index is 12.6. The molecule has 1 rings (SSSR count). The van der Waals surface area contributed by atoms with Crippen molar-refractivity contribution in [3.05, 3.63) is 27.8 Å². The van der Waals surface area contributed by atoms with Crippen LogP contribution >= 0.6 is 0 Å². The monoisotopic (exact) mass is 703 g/mol. The fourth-order valence-electron chi connectivity index (χ4n) is 3.93. The minimum absolute atomic E-state index is 0.0875. The number of methoxy groups -OCH3 is 1. The van der Waals surface area contributed by atoms with Gasteiger partial charge in [0.05, 0.1) is 76.5 Å². The van der Waals surface area contributed by atoms with Gasteiger partial charge in [0, 0.05) is 19.5 Å². The van der Waals surface area contributed by atoms with Crippen LogP contribution in [0.5, 0.6) is 11.5 Å². The Kier molecular flexibility index (Phi) is 28.2. The van der Waals surface area contributed by atoms with Gasteiger partial charge >= 0.3 is 12.1 Å². The number of nitro groups is 1. The summed E-state index contributed by atoms with van der Waals surface area (Å²) >= 11 is 0. The Balaban J connectivity index is 0.00000149. The third-order valence-electron chi connectivity index (χ3n) is 6.46. The molecule has 1 aromatic carbocycles. The van der Waals surface area contributed by atoms with Gasteiger partial charge < -0.3 is 60.1 Å². The highest BCUT2D eigenvalue weighted by atomic mass is 16.6. The molecule has 49 heavy (non-hydrogen) atoms. The van der Waals surface area contributed by atoms with Gasteiger partial charge in [-0.1, -0.05) is 13.3 Å². The summed E-state index contributed by atoms with van der Waals surface area (Å²) in [4.78, 5) is 46.6. The standard InChI is InChI=1S/C24H37N3O9.C8H20N2O3/c1-5-6-13-35-23(29)19(10-9-11-25-3)26-24(30)36-17(2)18-15-21(33-4)22(16-20(18)27(31)32)34-14-8-7-12-28;9-1-3-11-5-7-13-8-6-12-4-2-10/h12,15-17,19,25H,5-11,13-14H2,1-4H3,(H,26,30);1-10H2. The Labute approximate surface area is 289 Å². The number of esters is 1. The normalized spacial score (nSPS) is 11.8. The van der Waals surface area contributed by atoms with E-state index in [-0.39, 0.29) is 36.0 Å². The molecule has 0 aromatic heterocycles. The second-order valence-electron chi connectivity index (χ2n) is 10.4. The second-order valence-corrected chi connectivity index (χ2v) is 10.4. The summed E-state index contributed by atoms with van der Waals surface area (Å²) in [5.41, 5.74) is 10.2. The SMILES string of the molecule is CCCCOC(=O)C(CCCNC)NC(=O)OC(C)c1cc(OC)c(OCCCC=O)cc1[N+](=O)[O-].NCCOCCOCCOCCN. The molecule has 6 N–H and O–H groups in total. The number of hydrogen-bond acceptors (Lipinski definition) is 15. The molecule has 0 aliphatic rings. The van der Waals surface area contributed by atoms with Gasteiger partial charge in [0.2, 0.25) is 0 Å². The van der Waals surface area contributed by atoms with Gasteiger partial charge in [-0.3, -0.25) is 10.1 Å². The molecule has 0 fully saturated rings. The molecular formula is C32H57N5O12. The lowest BCUT2D eigenvalue weighted by Gasteiger charge is -2.20. The lowest BCUT2D eigenvalue weighted by Crippen LogP contribution is -2.42. The molecule has 17 heteroatoms. The van der Waals surface area contributed by atoms with Crippen LogP contribution in [-0.4, -0.2) is 116 Å². The van der Waals surface area contributed by atoms with Crippen LogP contribution in [0.25, 0.3) is 0 Å². The summed E-state index contributed by atoms with van der Waals surface area (Å²) in [5, 5.41) is 17.2. The van der Waals surface area contributed by atoms with Crippen LogP contribution in [0.4, 0.5) is 10.5 Å².